The monoisotopic (exact) mass is 314 g/mol. The molecule has 4 rings (SSSR count). The van der Waals surface area contributed by atoms with Gasteiger partial charge in [0.25, 0.3) is 0 Å². The molecule has 0 aromatic carbocycles. The van der Waals surface area contributed by atoms with E-state index in [1.807, 2.05) is 0 Å². The first kappa shape index (κ1) is 15.6. The Labute approximate surface area is 140 Å². The molecular formula is C21H30O2. The van der Waals surface area contributed by atoms with E-state index in [0.29, 0.717) is 23.4 Å². The van der Waals surface area contributed by atoms with Gasteiger partial charge in [0.05, 0.1) is 0 Å². The molecule has 0 saturated heterocycles. The minimum Gasteiger partial charge on any atom is -0.300 e. The first-order chi connectivity index (χ1) is 11.0. The summed E-state index contributed by atoms with van der Waals surface area (Å²) in [6.45, 7) is 4.13. The smallest absolute Gasteiger partial charge is 0.156 e. The molecule has 126 valence electrons. The summed E-state index contributed by atoms with van der Waals surface area (Å²) < 4.78 is 0. The van der Waals surface area contributed by atoms with Crippen LogP contribution in [0.2, 0.25) is 0 Å². The van der Waals surface area contributed by atoms with Gasteiger partial charge in [-0.25, -0.2) is 0 Å². The Morgan fingerprint density at radius 3 is 2.70 bits per heavy atom. The molecule has 0 aromatic rings. The predicted octanol–water partition coefficient (Wildman–Crippen LogP) is 4.72. The number of Topliss-reactive ketones (excluding diaryl/α,β-unsaturated/α-hetero) is 2. The van der Waals surface area contributed by atoms with Gasteiger partial charge in [0.1, 0.15) is 5.78 Å². The molecule has 4 aliphatic carbocycles. The zero-order valence-electron chi connectivity index (χ0n) is 14.6. The van der Waals surface area contributed by atoms with Crippen LogP contribution in [0, 0.1) is 35.0 Å². The van der Waals surface area contributed by atoms with Crippen molar-refractivity contribution in [2.24, 2.45) is 35.0 Å². The van der Waals surface area contributed by atoms with Gasteiger partial charge < -0.3 is 0 Å². The molecule has 23 heavy (non-hydrogen) atoms. The number of allylic oxidation sites excluding steroid dienone is 2. The topological polar surface area (TPSA) is 34.1 Å². The fraction of sp³-hybridized carbons (Fsp3) is 0.810. The van der Waals surface area contributed by atoms with E-state index in [-0.39, 0.29) is 5.41 Å². The summed E-state index contributed by atoms with van der Waals surface area (Å²) in [5, 5.41) is 0. The van der Waals surface area contributed by atoms with E-state index in [9.17, 15) is 9.59 Å². The van der Waals surface area contributed by atoms with E-state index in [1.54, 1.807) is 6.92 Å². The van der Waals surface area contributed by atoms with Crippen LogP contribution in [-0.4, -0.2) is 11.6 Å². The van der Waals surface area contributed by atoms with Crippen LogP contribution in [0.15, 0.2) is 11.6 Å². The minimum atomic E-state index is 0.128. The Kier molecular flexibility index (Phi) is 3.77. The number of hydrogen-bond acceptors (Lipinski definition) is 2. The van der Waals surface area contributed by atoms with Crippen LogP contribution in [0.3, 0.4) is 0 Å². The SMILES string of the molecule is CC(=O)C1=CCC[C@H]2[C@@H]3CC[C@@H]4CC(=O)CC[C@@H]4[C@H]3CC[C@]12C. The average molecular weight is 314 g/mol. The highest BCUT2D eigenvalue weighted by Crippen LogP contribution is 2.61. The van der Waals surface area contributed by atoms with E-state index in [1.165, 1.54) is 32.1 Å². The van der Waals surface area contributed by atoms with Crippen molar-refractivity contribution in [3.63, 3.8) is 0 Å². The molecule has 2 nitrogen and oxygen atoms in total. The second kappa shape index (κ2) is 5.57. The number of ketones is 2. The molecule has 0 amide bonds. The Morgan fingerprint density at radius 2 is 1.91 bits per heavy atom. The molecule has 0 heterocycles. The largest absolute Gasteiger partial charge is 0.300 e. The van der Waals surface area contributed by atoms with E-state index >= 15 is 0 Å². The zero-order valence-corrected chi connectivity index (χ0v) is 14.6. The summed E-state index contributed by atoms with van der Waals surface area (Å²) >= 11 is 0. The first-order valence-electron chi connectivity index (χ1n) is 9.74. The fourth-order valence-corrected chi connectivity index (χ4v) is 7.03. The van der Waals surface area contributed by atoms with Crippen molar-refractivity contribution in [3.05, 3.63) is 11.6 Å². The lowest BCUT2D eigenvalue weighted by Crippen LogP contribution is -2.51. The Hall–Kier alpha value is -0.920. The summed E-state index contributed by atoms with van der Waals surface area (Å²) in [6.07, 6.45) is 12.4. The maximum atomic E-state index is 12.2. The van der Waals surface area contributed by atoms with Crippen LogP contribution in [0.1, 0.15) is 71.6 Å². The van der Waals surface area contributed by atoms with Gasteiger partial charge in [0.15, 0.2) is 5.78 Å². The van der Waals surface area contributed by atoms with Crippen LogP contribution < -0.4 is 0 Å². The third kappa shape index (κ3) is 2.36. The quantitative estimate of drug-likeness (QED) is 0.701. The van der Waals surface area contributed by atoms with Gasteiger partial charge >= 0.3 is 0 Å². The molecule has 0 N–H and O–H groups in total. The maximum Gasteiger partial charge on any atom is 0.156 e. The molecule has 0 radical (unpaired) electrons. The summed E-state index contributed by atoms with van der Waals surface area (Å²) in [4.78, 5) is 24.0. The van der Waals surface area contributed by atoms with Crippen LogP contribution in [0.5, 0.6) is 0 Å². The third-order valence-corrected chi connectivity index (χ3v) is 7.98. The third-order valence-electron chi connectivity index (χ3n) is 7.98. The molecule has 2 heteroatoms. The van der Waals surface area contributed by atoms with Crippen LogP contribution in [0.4, 0.5) is 0 Å². The molecule has 0 bridgehead atoms. The van der Waals surface area contributed by atoms with Gasteiger partial charge in [0, 0.05) is 12.8 Å². The molecule has 0 aliphatic heterocycles. The Bertz CT molecular complexity index is 560. The maximum absolute atomic E-state index is 12.2. The van der Waals surface area contributed by atoms with Crippen molar-refractivity contribution >= 4 is 11.6 Å². The lowest BCUT2D eigenvalue weighted by molar-refractivity contribution is -0.128. The lowest BCUT2D eigenvalue weighted by atomic mass is 9.47. The second-order valence-corrected chi connectivity index (χ2v) is 8.92. The molecule has 4 aliphatic rings. The van der Waals surface area contributed by atoms with E-state index in [0.717, 1.165) is 49.0 Å². The van der Waals surface area contributed by atoms with Crippen LogP contribution >= 0.6 is 0 Å². The highest BCUT2D eigenvalue weighted by molar-refractivity contribution is 5.94. The van der Waals surface area contributed by atoms with Crippen molar-refractivity contribution < 1.29 is 9.59 Å². The summed E-state index contributed by atoms with van der Waals surface area (Å²) in [6, 6.07) is 0. The number of hydrogen-bond donors (Lipinski definition) is 0. The lowest BCUT2D eigenvalue weighted by Gasteiger charge is -2.57. The molecule has 6 atom stereocenters. The van der Waals surface area contributed by atoms with Crippen molar-refractivity contribution in [1.82, 2.24) is 0 Å². The molecular weight excluding hydrogens is 284 g/mol. The number of fused-ring (bicyclic) bond motifs is 5. The molecule has 3 saturated carbocycles. The Balaban J connectivity index is 1.61. The van der Waals surface area contributed by atoms with Crippen LogP contribution in [-0.2, 0) is 9.59 Å². The first-order valence-corrected chi connectivity index (χ1v) is 9.74. The molecule has 0 spiro atoms. The summed E-state index contributed by atoms with van der Waals surface area (Å²) in [5.41, 5.74) is 1.26. The average Bonchev–Trinajstić information content (AvgIpc) is 2.52. The van der Waals surface area contributed by atoms with E-state index in [2.05, 4.69) is 13.0 Å². The highest BCUT2D eigenvalue weighted by atomic mass is 16.1. The normalized spacial score (nSPS) is 46.3. The van der Waals surface area contributed by atoms with Gasteiger partial charge in [-0.15, -0.1) is 0 Å². The van der Waals surface area contributed by atoms with Crippen molar-refractivity contribution in [2.75, 3.05) is 0 Å². The van der Waals surface area contributed by atoms with Gasteiger partial charge in [-0.05, 0) is 92.4 Å². The van der Waals surface area contributed by atoms with Crippen molar-refractivity contribution in [1.29, 1.82) is 0 Å². The number of carbonyl (C=O) groups is 2. The predicted molar refractivity (Wildman–Crippen MR) is 90.9 cm³/mol. The summed E-state index contributed by atoms with van der Waals surface area (Å²) in [5.74, 6) is 4.59. The van der Waals surface area contributed by atoms with Gasteiger partial charge in [-0.1, -0.05) is 13.0 Å². The Morgan fingerprint density at radius 1 is 1.09 bits per heavy atom. The highest BCUT2D eigenvalue weighted by Gasteiger charge is 2.54. The second-order valence-electron chi connectivity index (χ2n) is 8.92. The summed E-state index contributed by atoms with van der Waals surface area (Å²) in [7, 11) is 0. The molecule has 0 unspecified atom stereocenters. The standard InChI is InChI=1S/C21H30O2/c1-13(22)19-4-3-5-20-18-8-6-14-12-15(23)7-9-16(14)17(18)10-11-21(19,20)2/h4,14,16-18,20H,3,5-12H2,1-2H3/t14-,16+,17-,18-,20+,21-/m1/s1. The zero-order chi connectivity index (χ0) is 16.2. The van der Waals surface area contributed by atoms with Gasteiger partial charge in [0.2, 0.25) is 0 Å². The van der Waals surface area contributed by atoms with Crippen molar-refractivity contribution in [3.8, 4) is 0 Å². The van der Waals surface area contributed by atoms with Gasteiger partial charge in [-0.2, -0.15) is 0 Å². The van der Waals surface area contributed by atoms with Gasteiger partial charge in [-0.3, -0.25) is 9.59 Å². The molecule has 3 fully saturated rings. The fourth-order valence-electron chi connectivity index (χ4n) is 7.03. The molecule has 0 aromatic heterocycles. The number of carbonyl (C=O) groups excluding carboxylic acids is 2. The van der Waals surface area contributed by atoms with Crippen molar-refractivity contribution in [2.45, 2.75) is 71.6 Å². The van der Waals surface area contributed by atoms with Crippen LogP contribution in [0.25, 0.3) is 0 Å². The van der Waals surface area contributed by atoms with E-state index < -0.39 is 0 Å². The van der Waals surface area contributed by atoms with E-state index in [4.69, 9.17) is 0 Å². The number of rotatable bonds is 1. The minimum absolute atomic E-state index is 0.128.